The number of carbonyl (C=O) groups excluding carboxylic acids is 1. The molecule has 1 aliphatic heterocycles. The van der Waals surface area contributed by atoms with Crippen LogP contribution in [0.15, 0.2) is 18.2 Å². The van der Waals surface area contributed by atoms with E-state index in [-0.39, 0.29) is 18.4 Å². The lowest BCUT2D eigenvalue weighted by Gasteiger charge is -2.24. The number of hydrogen-bond donors (Lipinski definition) is 1. The molecular weight excluding hydrogens is 266 g/mol. The van der Waals surface area contributed by atoms with E-state index in [4.69, 9.17) is 5.11 Å². The first kappa shape index (κ1) is 14.1. The summed E-state index contributed by atoms with van der Waals surface area (Å²) in [6.45, 7) is 0.674. The maximum atomic E-state index is 12.7. The maximum absolute atomic E-state index is 12.7. The summed E-state index contributed by atoms with van der Waals surface area (Å²) in [6.07, 6.45) is 6.32. The molecule has 4 nitrogen and oxygen atoms in total. The highest BCUT2D eigenvalue weighted by atomic mass is 16.4. The summed E-state index contributed by atoms with van der Waals surface area (Å²) in [5.74, 6) is -0.836. The number of rotatable bonds is 3. The Bertz CT molecular complexity index is 567. The SMILES string of the molecule is O=C(O)CC1CCCN1C(=O)c1ccc2c(c1)CCCC2. The number of fused-ring (bicyclic) bond motifs is 1. The molecule has 4 heteroatoms. The van der Waals surface area contributed by atoms with Crippen LogP contribution in [0.1, 0.15) is 53.6 Å². The zero-order valence-corrected chi connectivity index (χ0v) is 12.2. The first-order valence-corrected chi connectivity index (χ1v) is 7.80. The number of benzene rings is 1. The number of aryl methyl sites for hydroxylation is 2. The Morgan fingerprint density at radius 3 is 2.67 bits per heavy atom. The summed E-state index contributed by atoms with van der Waals surface area (Å²) < 4.78 is 0. The van der Waals surface area contributed by atoms with E-state index >= 15 is 0 Å². The van der Waals surface area contributed by atoms with Gasteiger partial charge in [-0.2, -0.15) is 0 Å². The van der Waals surface area contributed by atoms with E-state index in [0.29, 0.717) is 12.1 Å². The van der Waals surface area contributed by atoms with E-state index in [2.05, 4.69) is 6.07 Å². The second kappa shape index (κ2) is 5.88. The van der Waals surface area contributed by atoms with Gasteiger partial charge < -0.3 is 10.0 Å². The molecule has 0 saturated carbocycles. The number of likely N-dealkylation sites (tertiary alicyclic amines) is 1. The van der Waals surface area contributed by atoms with Gasteiger partial charge in [0.1, 0.15) is 0 Å². The van der Waals surface area contributed by atoms with Gasteiger partial charge in [0.15, 0.2) is 0 Å². The first-order chi connectivity index (χ1) is 10.1. The third kappa shape index (κ3) is 2.94. The van der Waals surface area contributed by atoms with Crippen LogP contribution in [0.5, 0.6) is 0 Å². The summed E-state index contributed by atoms with van der Waals surface area (Å²) in [7, 11) is 0. The van der Waals surface area contributed by atoms with Crippen molar-refractivity contribution < 1.29 is 14.7 Å². The summed E-state index contributed by atoms with van der Waals surface area (Å²) in [5.41, 5.74) is 3.37. The minimum Gasteiger partial charge on any atom is -0.481 e. The molecule has 0 aromatic heterocycles. The standard InChI is InChI=1S/C17H21NO3/c19-16(20)11-15-6-3-9-18(15)17(21)14-8-7-12-4-1-2-5-13(12)10-14/h7-8,10,15H,1-6,9,11H2,(H,19,20). The van der Waals surface area contributed by atoms with Crippen LogP contribution in [0, 0.1) is 0 Å². The molecule has 0 spiro atoms. The van der Waals surface area contributed by atoms with Gasteiger partial charge in [-0.3, -0.25) is 9.59 Å². The number of carbonyl (C=O) groups is 2. The lowest BCUT2D eigenvalue weighted by atomic mass is 9.90. The molecule has 1 heterocycles. The number of aliphatic carboxylic acids is 1. The van der Waals surface area contributed by atoms with Crippen molar-refractivity contribution in [3.63, 3.8) is 0 Å². The van der Waals surface area contributed by atoms with Crippen LogP contribution in [0.2, 0.25) is 0 Å². The molecule has 0 radical (unpaired) electrons. The van der Waals surface area contributed by atoms with Crippen LogP contribution in [-0.4, -0.2) is 34.5 Å². The minimum atomic E-state index is -0.829. The highest BCUT2D eigenvalue weighted by molar-refractivity contribution is 5.95. The number of amides is 1. The normalized spacial score (nSPS) is 21.1. The van der Waals surface area contributed by atoms with Crippen LogP contribution >= 0.6 is 0 Å². The van der Waals surface area contributed by atoms with Gasteiger partial charge in [-0.1, -0.05) is 6.07 Å². The van der Waals surface area contributed by atoms with Crippen LogP contribution < -0.4 is 0 Å². The largest absolute Gasteiger partial charge is 0.481 e. The lowest BCUT2D eigenvalue weighted by Crippen LogP contribution is -2.36. The van der Waals surface area contributed by atoms with E-state index in [0.717, 1.165) is 25.7 Å². The van der Waals surface area contributed by atoms with Gasteiger partial charge >= 0.3 is 5.97 Å². The van der Waals surface area contributed by atoms with Crippen LogP contribution in [-0.2, 0) is 17.6 Å². The predicted octanol–water partition coefficient (Wildman–Crippen LogP) is 2.64. The molecule has 1 unspecified atom stereocenters. The number of hydrogen-bond acceptors (Lipinski definition) is 2. The molecule has 0 bridgehead atoms. The van der Waals surface area contributed by atoms with Gasteiger partial charge in [-0.05, 0) is 61.8 Å². The van der Waals surface area contributed by atoms with E-state index < -0.39 is 5.97 Å². The quantitative estimate of drug-likeness (QED) is 0.929. The van der Waals surface area contributed by atoms with Gasteiger partial charge in [0.25, 0.3) is 5.91 Å². The summed E-state index contributed by atoms with van der Waals surface area (Å²) in [5, 5.41) is 8.96. The number of nitrogens with zero attached hydrogens (tertiary/aromatic N) is 1. The van der Waals surface area contributed by atoms with Crippen molar-refractivity contribution in [1.82, 2.24) is 4.90 Å². The van der Waals surface area contributed by atoms with Crippen molar-refractivity contribution in [3.8, 4) is 0 Å². The Morgan fingerprint density at radius 2 is 1.90 bits per heavy atom. The minimum absolute atomic E-state index is 0.00729. The van der Waals surface area contributed by atoms with Gasteiger partial charge in [-0.25, -0.2) is 0 Å². The molecule has 3 rings (SSSR count). The Morgan fingerprint density at radius 1 is 1.14 bits per heavy atom. The Labute approximate surface area is 124 Å². The van der Waals surface area contributed by atoms with E-state index in [9.17, 15) is 9.59 Å². The highest BCUT2D eigenvalue weighted by Crippen LogP contribution is 2.26. The molecule has 1 aromatic carbocycles. The number of carboxylic acid groups (broad SMARTS) is 1. The van der Waals surface area contributed by atoms with Gasteiger partial charge in [0.2, 0.25) is 0 Å². The summed E-state index contributed by atoms with van der Waals surface area (Å²) in [4.78, 5) is 25.3. The Kier molecular flexibility index (Phi) is 3.95. The maximum Gasteiger partial charge on any atom is 0.305 e. The van der Waals surface area contributed by atoms with Crippen molar-refractivity contribution in [2.45, 2.75) is 51.0 Å². The van der Waals surface area contributed by atoms with Crippen LogP contribution in [0.4, 0.5) is 0 Å². The molecule has 112 valence electrons. The fourth-order valence-corrected chi connectivity index (χ4v) is 3.55. The lowest BCUT2D eigenvalue weighted by molar-refractivity contribution is -0.137. The molecule has 1 N–H and O–H groups in total. The van der Waals surface area contributed by atoms with Crippen molar-refractivity contribution in [2.24, 2.45) is 0 Å². The number of carboxylic acids is 1. The fourth-order valence-electron chi connectivity index (χ4n) is 3.55. The molecule has 1 fully saturated rings. The van der Waals surface area contributed by atoms with Crippen LogP contribution in [0.25, 0.3) is 0 Å². The van der Waals surface area contributed by atoms with Crippen molar-refractivity contribution >= 4 is 11.9 Å². The smallest absolute Gasteiger partial charge is 0.305 e. The first-order valence-electron chi connectivity index (χ1n) is 7.80. The summed E-state index contributed by atoms with van der Waals surface area (Å²) in [6, 6.07) is 5.85. The van der Waals surface area contributed by atoms with E-state index in [1.165, 1.54) is 24.0 Å². The highest BCUT2D eigenvalue weighted by Gasteiger charge is 2.31. The zero-order valence-electron chi connectivity index (χ0n) is 12.2. The predicted molar refractivity (Wildman–Crippen MR) is 79.4 cm³/mol. The fraction of sp³-hybridized carbons (Fsp3) is 0.529. The molecule has 1 saturated heterocycles. The second-order valence-corrected chi connectivity index (χ2v) is 6.08. The topological polar surface area (TPSA) is 57.6 Å². The Balaban J connectivity index is 1.79. The average Bonchev–Trinajstić information content (AvgIpc) is 2.93. The third-order valence-corrected chi connectivity index (χ3v) is 4.64. The van der Waals surface area contributed by atoms with Crippen LogP contribution in [0.3, 0.4) is 0 Å². The monoisotopic (exact) mass is 287 g/mol. The average molecular weight is 287 g/mol. The Hall–Kier alpha value is -1.84. The van der Waals surface area contributed by atoms with Crippen molar-refractivity contribution in [1.29, 1.82) is 0 Å². The van der Waals surface area contributed by atoms with E-state index in [1.54, 1.807) is 4.90 Å². The molecular formula is C17H21NO3. The van der Waals surface area contributed by atoms with Crippen molar-refractivity contribution in [2.75, 3.05) is 6.54 Å². The molecule has 1 aromatic rings. The van der Waals surface area contributed by atoms with Gasteiger partial charge in [-0.15, -0.1) is 0 Å². The van der Waals surface area contributed by atoms with E-state index in [1.807, 2.05) is 12.1 Å². The summed E-state index contributed by atoms with van der Waals surface area (Å²) >= 11 is 0. The second-order valence-electron chi connectivity index (χ2n) is 6.08. The molecule has 21 heavy (non-hydrogen) atoms. The molecule has 2 aliphatic rings. The van der Waals surface area contributed by atoms with Crippen molar-refractivity contribution in [3.05, 3.63) is 34.9 Å². The molecule has 1 atom stereocenters. The van der Waals surface area contributed by atoms with Gasteiger partial charge in [0, 0.05) is 18.2 Å². The zero-order chi connectivity index (χ0) is 14.8. The van der Waals surface area contributed by atoms with Gasteiger partial charge in [0.05, 0.1) is 6.42 Å². The molecule has 1 aliphatic carbocycles. The third-order valence-electron chi connectivity index (χ3n) is 4.64. The molecule has 1 amide bonds.